The number of nitriles is 1. The van der Waals surface area contributed by atoms with Gasteiger partial charge in [-0.05, 0) is 18.2 Å². The van der Waals surface area contributed by atoms with Gasteiger partial charge in [-0.25, -0.2) is 12.8 Å². The Balaban J connectivity index is 3.03. The summed E-state index contributed by atoms with van der Waals surface area (Å²) >= 11 is 0. The average molecular weight is 244 g/mol. The van der Waals surface area contributed by atoms with Gasteiger partial charge in [0.2, 0.25) is 10.0 Å². The summed E-state index contributed by atoms with van der Waals surface area (Å²) in [5.74, 6) is -1.10. The molecule has 1 rings (SSSR count). The molecule has 16 heavy (non-hydrogen) atoms. The second-order valence-corrected chi connectivity index (χ2v) is 4.79. The summed E-state index contributed by atoms with van der Waals surface area (Å²) in [6.45, 7) is -0.529. The van der Waals surface area contributed by atoms with Crippen LogP contribution in [0.1, 0.15) is 5.56 Å². The van der Waals surface area contributed by atoms with E-state index in [0.29, 0.717) is 0 Å². The number of hydrogen-bond acceptors (Lipinski definition) is 4. The van der Waals surface area contributed by atoms with Gasteiger partial charge in [-0.15, -0.1) is 0 Å². The van der Waals surface area contributed by atoms with Gasteiger partial charge < -0.3 is 5.11 Å². The molecule has 0 fully saturated rings. The highest BCUT2D eigenvalue weighted by Gasteiger charge is 2.12. The number of anilines is 1. The van der Waals surface area contributed by atoms with Crippen LogP contribution in [0.15, 0.2) is 18.2 Å². The Kier molecular flexibility index (Phi) is 3.82. The minimum Gasteiger partial charge on any atom is -0.395 e. The zero-order valence-corrected chi connectivity index (χ0v) is 8.96. The van der Waals surface area contributed by atoms with E-state index >= 15 is 0 Å². The number of sulfonamides is 1. The molecule has 0 bridgehead atoms. The van der Waals surface area contributed by atoms with Crippen LogP contribution >= 0.6 is 0 Å². The minimum atomic E-state index is -3.70. The summed E-state index contributed by atoms with van der Waals surface area (Å²) in [6.07, 6.45) is 0. The standard InChI is InChI=1S/C9H9FN2O3S/c10-8-1-2-9(7(5-8)6-11)12-16(14,15)4-3-13/h1-2,5,12-13H,3-4H2. The average Bonchev–Trinajstić information content (AvgIpc) is 2.20. The van der Waals surface area contributed by atoms with E-state index in [2.05, 4.69) is 4.72 Å². The molecule has 0 amide bonds. The topological polar surface area (TPSA) is 90.2 Å². The fourth-order valence-corrected chi connectivity index (χ4v) is 1.89. The van der Waals surface area contributed by atoms with E-state index in [-0.39, 0.29) is 11.3 Å². The van der Waals surface area contributed by atoms with Gasteiger partial charge in [0.05, 0.1) is 23.6 Å². The van der Waals surface area contributed by atoms with E-state index in [1.54, 1.807) is 6.07 Å². The predicted octanol–water partition coefficient (Wildman–Crippen LogP) is 0.431. The zero-order chi connectivity index (χ0) is 12.2. The monoisotopic (exact) mass is 244 g/mol. The fraction of sp³-hybridized carbons (Fsp3) is 0.222. The van der Waals surface area contributed by atoms with E-state index in [1.807, 2.05) is 0 Å². The van der Waals surface area contributed by atoms with Crippen LogP contribution in [-0.2, 0) is 10.0 Å². The second kappa shape index (κ2) is 4.92. The molecule has 0 aromatic heterocycles. The summed E-state index contributed by atoms with van der Waals surface area (Å²) in [5, 5.41) is 17.2. The maximum absolute atomic E-state index is 12.7. The van der Waals surface area contributed by atoms with E-state index < -0.39 is 28.2 Å². The third-order valence-corrected chi connectivity index (χ3v) is 2.98. The first-order valence-corrected chi connectivity index (χ1v) is 5.95. The first-order valence-electron chi connectivity index (χ1n) is 4.29. The number of rotatable bonds is 4. The van der Waals surface area contributed by atoms with E-state index in [0.717, 1.165) is 18.2 Å². The largest absolute Gasteiger partial charge is 0.395 e. The van der Waals surface area contributed by atoms with Crippen LogP contribution in [0.25, 0.3) is 0 Å². The smallest absolute Gasteiger partial charge is 0.235 e. The van der Waals surface area contributed by atoms with Gasteiger partial charge in [0.15, 0.2) is 0 Å². The van der Waals surface area contributed by atoms with Crippen molar-refractivity contribution in [1.82, 2.24) is 0 Å². The van der Waals surface area contributed by atoms with Crippen LogP contribution in [0.4, 0.5) is 10.1 Å². The van der Waals surface area contributed by atoms with Gasteiger partial charge in [-0.3, -0.25) is 4.72 Å². The van der Waals surface area contributed by atoms with Crippen molar-refractivity contribution < 1.29 is 17.9 Å². The zero-order valence-electron chi connectivity index (χ0n) is 8.14. The van der Waals surface area contributed by atoms with Crippen molar-refractivity contribution in [3.05, 3.63) is 29.6 Å². The number of hydrogen-bond donors (Lipinski definition) is 2. The molecule has 2 N–H and O–H groups in total. The lowest BCUT2D eigenvalue weighted by Crippen LogP contribution is -2.19. The number of nitrogens with zero attached hydrogens (tertiary/aromatic N) is 1. The summed E-state index contributed by atoms with van der Waals surface area (Å²) in [4.78, 5) is 0. The second-order valence-electron chi connectivity index (χ2n) is 2.95. The molecule has 1 aromatic rings. The van der Waals surface area contributed by atoms with Crippen molar-refractivity contribution in [2.45, 2.75) is 0 Å². The Morgan fingerprint density at radius 3 is 2.75 bits per heavy atom. The molecule has 0 atom stereocenters. The molecule has 0 saturated carbocycles. The first-order chi connectivity index (χ1) is 7.48. The summed E-state index contributed by atoms with van der Waals surface area (Å²) in [7, 11) is -3.70. The third-order valence-electron chi connectivity index (χ3n) is 1.73. The highest BCUT2D eigenvalue weighted by Crippen LogP contribution is 2.17. The Hall–Kier alpha value is -1.65. The molecule has 7 heteroatoms. The lowest BCUT2D eigenvalue weighted by molar-refractivity contribution is 0.320. The molecule has 0 spiro atoms. The molecule has 5 nitrogen and oxygen atoms in total. The quantitative estimate of drug-likeness (QED) is 0.803. The predicted molar refractivity (Wildman–Crippen MR) is 55.6 cm³/mol. The molecule has 0 radical (unpaired) electrons. The van der Waals surface area contributed by atoms with Crippen molar-refractivity contribution >= 4 is 15.7 Å². The summed E-state index contributed by atoms with van der Waals surface area (Å²) in [6, 6.07) is 4.79. The van der Waals surface area contributed by atoms with Gasteiger partial charge in [0.25, 0.3) is 0 Å². The van der Waals surface area contributed by atoms with Crippen LogP contribution in [0.3, 0.4) is 0 Å². The molecule has 0 unspecified atom stereocenters. The van der Waals surface area contributed by atoms with Crippen molar-refractivity contribution in [2.24, 2.45) is 0 Å². The number of nitrogens with one attached hydrogen (secondary N) is 1. The van der Waals surface area contributed by atoms with E-state index in [9.17, 15) is 12.8 Å². The normalized spacial score (nSPS) is 10.8. The van der Waals surface area contributed by atoms with Crippen LogP contribution < -0.4 is 4.72 Å². The number of halogens is 1. The summed E-state index contributed by atoms with van der Waals surface area (Å²) < 4.78 is 37.4. The SMILES string of the molecule is N#Cc1cc(F)ccc1NS(=O)(=O)CCO. The lowest BCUT2D eigenvalue weighted by Gasteiger charge is -2.07. The molecule has 0 aliphatic rings. The van der Waals surface area contributed by atoms with E-state index in [1.165, 1.54) is 0 Å². The first kappa shape index (κ1) is 12.4. The maximum atomic E-state index is 12.7. The van der Waals surface area contributed by atoms with Crippen LogP contribution in [0.2, 0.25) is 0 Å². The number of aliphatic hydroxyl groups is 1. The van der Waals surface area contributed by atoms with Gasteiger partial charge in [0.1, 0.15) is 11.9 Å². The Bertz CT molecular complexity index is 522. The molecule has 0 aliphatic heterocycles. The van der Waals surface area contributed by atoms with Gasteiger partial charge in [-0.1, -0.05) is 0 Å². The Morgan fingerprint density at radius 2 is 2.19 bits per heavy atom. The molecular formula is C9H9FN2O3S. The molecule has 0 heterocycles. The van der Waals surface area contributed by atoms with Gasteiger partial charge in [0, 0.05) is 0 Å². The third kappa shape index (κ3) is 3.18. The van der Waals surface area contributed by atoms with Crippen LogP contribution in [0, 0.1) is 17.1 Å². The number of aliphatic hydroxyl groups excluding tert-OH is 1. The van der Waals surface area contributed by atoms with Crippen LogP contribution in [-0.4, -0.2) is 25.9 Å². The highest BCUT2D eigenvalue weighted by atomic mass is 32.2. The highest BCUT2D eigenvalue weighted by molar-refractivity contribution is 7.92. The maximum Gasteiger partial charge on any atom is 0.235 e. The Labute approximate surface area is 92.2 Å². The van der Waals surface area contributed by atoms with Crippen molar-refractivity contribution in [1.29, 1.82) is 5.26 Å². The lowest BCUT2D eigenvalue weighted by atomic mass is 10.2. The molecule has 1 aromatic carbocycles. The van der Waals surface area contributed by atoms with Gasteiger partial charge in [-0.2, -0.15) is 5.26 Å². The van der Waals surface area contributed by atoms with Crippen molar-refractivity contribution in [2.75, 3.05) is 17.1 Å². The molecule has 0 aliphatic carbocycles. The molecule has 0 saturated heterocycles. The van der Waals surface area contributed by atoms with Crippen LogP contribution in [0.5, 0.6) is 0 Å². The van der Waals surface area contributed by atoms with Gasteiger partial charge >= 0.3 is 0 Å². The molecule has 86 valence electrons. The van der Waals surface area contributed by atoms with E-state index in [4.69, 9.17) is 10.4 Å². The fourth-order valence-electron chi connectivity index (χ4n) is 1.04. The summed E-state index contributed by atoms with van der Waals surface area (Å²) in [5.41, 5.74) is -0.112. The van der Waals surface area contributed by atoms with Crippen molar-refractivity contribution in [3.63, 3.8) is 0 Å². The van der Waals surface area contributed by atoms with Crippen molar-refractivity contribution in [3.8, 4) is 6.07 Å². The Morgan fingerprint density at radius 1 is 1.50 bits per heavy atom. The molecular weight excluding hydrogens is 235 g/mol. The minimum absolute atomic E-state index is 0.00245. The number of benzene rings is 1.